The van der Waals surface area contributed by atoms with Crippen LogP contribution in [0.3, 0.4) is 0 Å². The molecular formula is C54H62ClCuN5O5. The van der Waals surface area contributed by atoms with Crippen molar-refractivity contribution in [2.45, 2.75) is 92.4 Å². The Morgan fingerprint density at radius 1 is 0.833 bits per heavy atom. The van der Waals surface area contributed by atoms with Gasteiger partial charge in [-0.25, -0.2) is 23.6 Å². The number of aromatic nitrogens is 1. The molecule has 1 aliphatic carbocycles. The molecule has 0 N–H and O–H groups in total. The monoisotopic (exact) mass is 958 g/mol. The van der Waals surface area contributed by atoms with E-state index in [0.717, 1.165) is 55.1 Å². The van der Waals surface area contributed by atoms with E-state index in [1.54, 1.807) is 12.3 Å². The van der Waals surface area contributed by atoms with Crippen molar-refractivity contribution in [1.29, 1.82) is 0 Å². The van der Waals surface area contributed by atoms with Gasteiger partial charge in [0.1, 0.15) is 12.2 Å². The Morgan fingerprint density at radius 2 is 1.53 bits per heavy atom. The molecule has 1 radical (unpaired) electrons. The number of aliphatic imine (C=N–C) groups is 1. The van der Waals surface area contributed by atoms with Gasteiger partial charge < -0.3 is 9.80 Å². The van der Waals surface area contributed by atoms with Crippen molar-refractivity contribution < 1.29 is 55.3 Å². The molecule has 0 atom stereocenters. The first-order chi connectivity index (χ1) is 31.0. The van der Waals surface area contributed by atoms with Crippen LogP contribution < -0.4 is 28.4 Å². The van der Waals surface area contributed by atoms with Gasteiger partial charge in [0.2, 0.25) is 11.5 Å². The van der Waals surface area contributed by atoms with E-state index in [4.69, 9.17) is 23.6 Å². The third-order valence-electron chi connectivity index (χ3n) is 12.5. The molecule has 0 amide bonds. The SMILES string of the molecule is CCCC[N+]1=C(C=CC=C2N(CCC)c3ccccc3C2(C)C)C(C)(C)c2c1ccc1ccccc21.CCN(CC)c1ccc(N=C2C=CC(=O)c3ncccc32)c(C)c1.[Cu].[O-][Cl+3]([O-])([O-])[O-]. The van der Waals surface area contributed by atoms with Gasteiger partial charge in [0, 0.05) is 95.1 Å². The van der Waals surface area contributed by atoms with E-state index in [-0.39, 0.29) is 33.7 Å². The van der Waals surface area contributed by atoms with Gasteiger partial charge in [0.15, 0.2) is 5.71 Å². The Morgan fingerprint density at radius 3 is 2.21 bits per heavy atom. The number of rotatable bonds is 11. The minimum Gasteiger partial charge on any atom is -0.372 e. The summed E-state index contributed by atoms with van der Waals surface area (Å²) in [5.74, 6) is -0.0712. The van der Waals surface area contributed by atoms with Crippen LogP contribution in [0, 0.1) is 17.2 Å². The Hall–Kier alpha value is -5.23. The van der Waals surface area contributed by atoms with Crippen LogP contribution in [0.2, 0.25) is 0 Å². The summed E-state index contributed by atoms with van der Waals surface area (Å²) < 4.78 is 36.6. The fourth-order valence-electron chi connectivity index (χ4n) is 9.34. The predicted molar refractivity (Wildman–Crippen MR) is 255 cm³/mol. The first-order valence-corrected chi connectivity index (χ1v) is 23.9. The van der Waals surface area contributed by atoms with Gasteiger partial charge in [0.25, 0.3) is 0 Å². The quantitative estimate of drug-likeness (QED) is 0.0957. The predicted octanol–water partition coefficient (Wildman–Crippen LogP) is 8.02. The average molecular weight is 960 g/mol. The summed E-state index contributed by atoms with van der Waals surface area (Å²) in [7, 11) is -4.94. The molecule has 66 heavy (non-hydrogen) atoms. The summed E-state index contributed by atoms with van der Waals surface area (Å²) in [6.07, 6.45) is 15.5. The minimum absolute atomic E-state index is 0. The van der Waals surface area contributed by atoms with Crippen LogP contribution in [0.4, 0.5) is 22.7 Å². The molecule has 10 nitrogen and oxygen atoms in total. The summed E-state index contributed by atoms with van der Waals surface area (Å²) >= 11 is 0. The third kappa shape index (κ3) is 11.3. The molecule has 0 saturated carbocycles. The summed E-state index contributed by atoms with van der Waals surface area (Å²) in [5.41, 5.74) is 13.6. The van der Waals surface area contributed by atoms with Gasteiger partial charge in [-0.3, -0.25) is 9.78 Å². The van der Waals surface area contributed by atoms with Crippen molar-refractivity contribution in [2.75, 3.05) is 36.0 Å². The summed E-state index contributed by atoms with van der Waals surface area (Å²) in [6, 6.07) is 32.4. The maximum Gasteiger partial charge on any atom is 0.210 e. The number of allylic oxidation sites excluding steroid dienone is 6. The van der Waals surface area contributed by atoms with E-state index in [1.807, 2.05) is 18.2 Å². The van der Waals surface area contributed by atoms with Gasteiger partial charge >= 0.3 is 0 Å². The van der Waals surface area contributed by atoms with Crippen molar-refractivity contribution in [3.05, 3.63) is 161 Å². The molecule has 0 bridgehead atoms. The molecule has 5 aromatic rings. The number of carbonyl (C=O) groups excluding carboxylic acids is 1. The molecule has 12 heteroatoms. The second-order valence-electron chi connectivity index (χ2n) is 17.5. The molecule has 3 aliphatic rings. The van der Waals surface area contributed by atoms with Crippen LogP contribution >= 0.6 is 0 Å². The molecule has 1 aromatic heterocycles. The molecule has 8 rings (SSSR count). The number of halogens is 1. The van der Waals surface area contributed by atoms with Crippen LogP contribution in [0.1, 0.15) is 107 Å². The molecule has 0 fully saturated rings. The van der Waals surface area contributed by atoms with E-state index in [2.05, 4.69) is 173 Å². The molecule has 2 aliphatic heterocycles. The number of hydrogen-bond acceptors (Lipinski definition) is 9. The Kier molecular flexibility index (Phi) is 17.3. The Labute approximate surface area is 403 Å². The summed E-state index contributed by atoms with van der Waals surface area (Å²) in [6.45, 7) is 24.5. The number of benzene rings is 4. The first kappa shape index (κ1) is 51.7. The topological polar surface area (TPSA) is 144 Å². The molecule has 351 valence electrons. The molecular weight excluding hydrogens is 898 g/mol. The molecule has 0 spiro atoms. The number of aryl methyl sites for hydroxylation is 1. The first-order valence-electron chi connectivity index (χ1n) is 22.6. The van der Waals surface area contributed by atoms with E-state index in [0.29, 0.717) is 5.69 Å². The van der Waals surface area contributed by atoms with Crippen LogP contribution in [0.15, 0.2) is 138 Å². The second kappa shape index (κ2) is 22.0. The average Bonchev–Trinajstić information content (AvgIpc) is 3.63. The van der Waals surface area contributed by atoms with Crippen LogP contribution in [0.5, 0.6) is 0 Å². The van der Waals surface area contributed by atoms with E-state index in [9.17, 15) is 4.79 Å². The van der Waals surface area contributed by atoms with Gasteiger partial charge in [-0.05, 0) is 124 Å². The number of hydrogen-bond donors (Lipinski definition) is 0. The summed E-state index contributed by atoms with van der Waals surface area (Å²) in [4.78, 5) is 25.7. The normalized spacial score (nSPS) is 16.7. The summed E-state index contributed by atoms with van der Waals surface area (Å²) in [5, 5.41) is 2.71. The van der Waals surface area contributed by atoms with Crippen molar-refractivity contribution in [2.24, 2.45) is 4.99 Å². The van der Waals surface area contributed by atoms with Gasteiger partial charge in [-0.1, -0.05) is 82.7 Å². The van der Waals surface area contributed by atoms with Crippen LogP contribution in [0.25, 0.3) is 10.8 Å². The number of pyridine rings is 1. The maximum atomic E-state index is 11.9. The maximum absolute atomic E-state index is 11.9. The third-order valence-corrected chi connectivity index (χ3v) is 12.5. The fraction of sp³-hybridized carbons (Fsp3) is 0.333. The Balaban J connectivity index is 0.000000235. The van der Waals surface area contributed by atoms with Crippen molar-refractivity contribution in [1.82, 2.24) is 4.98 Å². The smallest absolute Gasteiger partial charge is 0.210 e. The number of para-hydroxylation sites is 1. The van der Waals surface area contributed by atoms with E-state index < -0.39 is 10.2 Å². The van der Waals surface area contributed by atoms with Crippen LogP contribution in [-0.2, 0) is 27.9 Å². The number of nitrogens with zero attached hydrogens (tertiary/aromatic N) is 5. The van der Waals surface area contributed by atoms with Crippen LogP contribution in [-0.4, -0.2) is 52.9 Å². The number of fused-ring (bicyclic) bond motifs is 5. The van der Waals surface area contributed by atoms with Crippen molar-refractivity contribution in [3.8, 4) is 0 Å². The van der Waals surface area contributed by atoms with Gasteiger partial charge in [-0.2, -0.15) is 4.58 Å². The molecule has 3 heterocycles. The van der Waals surface area contributed by atoms with E-state index in [1.165, 1.54) is 69.3 Å². The molecule has 4 aromatic carbocycles. The number of anilines is 2. The van der Waals surface area contributed by atoms with E-state index >= 15 is 0 Å². The minimum atomic E-state index is -4.94. The number of ketones is 1. The molecule has 0 unspecified atom stereocenters. The fourth-order valence-corrected chi connectivity index (χ4v) is 9.34. The second-order valence-corrected chi connectivity index (χ2v) is 18.3. The van der Waals surface area contributed by atoms with Crippen molar-refractivity contribution in [3.63, 3.8) is 0 Å². The van der Waals surface area contributed by atoms with Gasteiger partial charge in [-0.15, -0.1) is 10.2 Å². The zero-order valence-corrected chi connectivity index (χ0v) is 41.2. The number of carbonyl (C=O) groups is 1. The van der Waals surface area contributed by atoms with Crippen molar-refractivity contribution >= 4 is 50.7 Å². The zero-order valence-electron chi connectivity index (χ0n) is 39.5. The zero-order chi connectivity index (χ0) is 47.1. The largest absolute Gasteiger partial charge is 0.372 e. The Bertz CT molecular complexity index is 2690. The molecule has 0 saturated heterocycles. The standard InChI is InChI=1S/C34H41N2.C20H21N3O.ClHO4.Cu/c1-7-9-24-36-29-22-21-25-15-10-11-16-26(25)32(29)34(5,6)31(36)20-14-19-30-33(3,4)27-17-12-13-18-28(27)35(30)23-8-2;1-4-23(5-2)15-8-9-17(14(3)13-15)22-18-10-11-19(24)20-16(18)7-6-12-21-20;2-1(3,4)5;/h10-22H,7-9,23-24H2,1-6H3;6-13H,4-5H2,1-3H3;(H,2,3,4,5);/q+1;;;/p-1. The van der Waals surface area contributed by atoms with Gasteiger partial charge in [0.05, 0.1) is 16.8 Å². The number of unbranched alkanes of at least 4 members (excludes halogenated alkanes) is 1.